The van der Waals surface area contributed by atoms with Gasteiger partial charge in [-0.05, 0) is 30.3 Å². The first-order valence-corrected chi connectivity index (χ1v) is 8.19. The maximum Gasteiger partial charge on any atom is 0.274 e. The van der Waals surface area contributed by atoms with E-state index in [0.29, 0.717) is 23.6 Å². The summed E-state index contributed by atoms with van der Waals surface area (Å²) >= 11 is 0. The second-order valence-corrected chi connectivity index (χ2v) is 5.60. The van der Waals surface area contributed by atoms with Crippen molar-refractivity contribution in [1.29, 1.82) is 5.26 Å². The summed E-state index contributed by atoms with van der Waals surface area (Å²) in [5.74, 6) is 0.946. The van der Waals surface area contributed by atoms with E-state index < -0.39 is 0 Å². The maximum absolute atomic E-state index is 12.4. The Kier molecular flexibility index (Phi) is 5.60. The third-order valence-corrected chi connectivity index (χ3v) is 3.82. The molecule has 7 nitrogen and oxygen atoms in total. The van der Waals surface area contributed by atoms with Crippen molar-refractivity contribution < 1.29 is 9.53 Å². The number of ether oxygens (including phenoxy) is 1. The van der Waals surface area contributed by atoms with Crippen LogP contribution in [0.5, 0.6) is 5.75 Å². The molecule has 0 spiro atoms. The van der Waals surface area contributed by atoms with Crippen molar-refractivity contribution in [1.82, 2.24) is 9.97 Å². The predicted octanol–water partition coefficient (Wildman–Crippen LogP) is 3.22. The molecule has 1 heterocycles. The molecule has 0 saturated heterocycles. The maximum atomic E-state index is 12.4. The molecule has 7 heteroatoms. The van der Waals surface area contributed by atoms with E-state index in [1.165, 1.54) is 6.33 Å². The van der Waals surface area contributed by atoms with Crippen molar-refractivity contribution in [3.05, 3.63) is 77.7 Å². The van der Waals surface area contributed by atoms with Crippen molar-refractivity contribution in [3.63, 3.8) is 0 Å². The van der Waals surface area contributed by atoms with Gasteiger partial charge in [0.15, 0.2) is 0 Å². The van der Waals surface area contributed by atoms with Crippen LogP contribution in [0.1, 0.15) is 21.6 Å². The number of nitriles is 1. The summed E-state index contributed by atoms with van der Waals surface area (Å²) in [7, 11) is 1.62. The molecule has 3 rings (SSSR count). The lowest BCUT2D eigenvalue weighted by Crippen LogP contribution is -2.14. The number of benzene rings is 2. The molecule has 134 valence electrons. The highest BCUT2D eigenvalue weighted by molar-refractivity contribution is 6.03. The molecular formula is C20H17N5O2. The number of aromatic nitrogens is 2. The number of nitrogens with zero attached hydrogens (tertiary/aromatic N) is 3. The van der Waals surface area contributed by atoms with Gasteiger partial charge in [0.25, 0.3) is 5.91 Å². The molecule has 0 fully saturated rings. The molecule has 0 unspecified atom stereocenters. The van der Waals surface area contributed by atoms with Crippen LogP contribution in [0, 0.1) is 11.3 Å². The second-order valence-electron chi connectivity index (χ2n) is 5.60. The number of para-hydroxylation sites is 1. The zero-order valence-electron chi connectivity index (χ0n) is 14.6. The van der Waals surface area contributed by atoms with E-state index in [1.54, 1.807) is 37.4 Å². The van der Waals surface area contributed by atoms with Gasteiger partial charge in [-0.1, -0.05) is 18.2 Å². The number of anilines is 2. The molecule has 0 aliphatic carbocycles. The van der Waals surface area contributed by atoms with E-state index in [1.807, 2.05) is 30.3 Å². The monoisotopic (exact) mass is 359 g/mol. The van der Waals surface area contributed by atoms with Gasteiger partial charge >= 0.3 is 0 Å². The first-order chi connectivity index (χ1) is 13.2. The minimum atomic E-state index is -0.359. The first-order valence-electron chi connectivity index (χ1n) is 8.19. The number of carbonyl (C=O) groups excluding carboxylic acids is 1. The van der Waals surface area contributed by atoms with Gasteiger partial charge in [0.2, 0.25) is 0 Å². The first kappa shape index (κ1) is 17.9. The molecule has 2 aromatic carbocycles. The quantitative estimate of drug-likeness (QED) is 0.701. The van der Waals surface area contributed by atoms with Gasteiger partial charge in [-0.3, -0.25) is 4.79 Å². The van der Waals surface area contributed by atoms with E-state index in [9.17, 15) is 4.79 Å². The summed E-state index contributed by atoms with van der Waals surface area (Å²) < 4.78 is 5.32. The smallest absolute Gasteiger partial charge is 0.274 e. The van der Waals surface area contributed by atoms with Crippen LogP contribution in [0.3, 0.4) is 0 Å². The van der Waals surface area contributed by atoms with Gasteiger partial charge in [0, 0.05) is 23.9 Å². The van der Waals surface area contributed by atoms with Crippen molar-refractivity contribution >= 4 is 17.4 Å². The minimum absolute atomic E-state index is 0.233. The Hall–Kier alpha value is -3.92. The van der Waals surface area contributed by atoms with E-state index in [2.05, 4.69) is 20.6 Å². The van der Waals surface area contributed by atoms with Crippen molar-refractivity contribution in [3.8, 4) is 11.8 Å². The number of amides is 1. The molecule has 3 aromatic rings. The average molecular weight is 359 g/mol. The van der Waals surface area contributed by atoms with E-state index in [-0.39, 0.29) is 11.6 Å². The van der Waals surface area contributed by atoms with E-state index >= 15 is 0 Å². The minimum Gasteiger partial charge on any atom is -0.496 e. The zero-order valence-corrected chi connectivity index (χ0v) is 14.6. The SMILES string of the molecule is COc1ccccc1CNc1cc(C(=O)Nc2ccc(C#N)cc2)ncn1. The Morgan fingerprint density at radius 3 is 2.67 bits per heavy atom. The van der Waals surface area contributed by atoms with E-state index in [0.717, 1.165) is 11.3 Å². The molecule has 0 aliphatic rings. The lowest BCUT2D eigenvalue weighted by atomic mass is 10.2. The van der Waals surface area contributed by atoms with Crippen LogP contribution < -0.4 is 15.4 Å². The summed E-state index contributed by atoms with van der Waals surface area (Å²) in [5.41, 5.74) is 2.32. The Morgan fingerprint density at radius 2 is 1.93 bits per heavy atom. The summed E-state index contributed by atoms with van der Waals surface area (Å²) in [6.45, 7) is 0.498. The van der Waals surface area contributed by atoms with Gasteiger partial charge in [-0.15, -0.1) is 0 Å². The fourth-order valence-electron chi connectivity index (χ4n) is 2.44. The molecule has 27 heavy (non-hydrogen) atoms. The number of hydrogen-bond donors (Lipinski definition) is 2. The zero-order chi connectivity index (χ0) is 19.1. The van der Waals surface area contributed by atoms with Crippen LogP contribution in [-0.2, 0) is 6.54 Å². The highest BCUT2D eigenvalue weighted by Gasteiger charge is 2.10. The van der Waals surface area contributed by atoms with Crippen molar-refractivity contribution in [2.24, 2.45) is 0 Å². The number of rotatable bonds is 6. The summed E-state index contributed by atoms with van der Waals surface area (Å²) in [6.07, 6.45) is 1.33. The third kappa shape index (κ3) is 4.58. The highest BCUT2D eigenvalue weighted by Crippen LogP contribution is 2.18. The van der Waals surface area contributed by atoms with Gasteiger partial charge in [0.05, 0.1) is 18.7 Å². The summed E-state index contributed by atoms with van der Waals surface area (Å²) in [6, 6.07) is 17.9. The Balaban J connectivity index is 1.67. The molecule has 0 radical (unpaired) electrons. The molecule has 0 aliphatic heterocycles. The van der Waals surface area contributed by atoms with Crippen LogP contribution in [0.15, 0.2) is 60.9 Å². The lowest BCUT2D eigenvalue weighted by molar-refractivity contribution is 0.102. The van der Waals surface area contributed by atoms with Crippen LogP contribution in [-0.4, -0.2) is 23.0 Å². The summed E-state index contributed by atoms with van der Waals surface area (Å²) in [4.78, 5) is 20.5. The number of methoxy groups -OCH3 is 1. The van der Waals surface area contributed by atoms with Crippen molar-refractivity contribution in [2.75, 3.05) is 17.7 Å². The Labute approximate surface area is 156 Å². The van der Waals surface area contributed by atoms with Gasteiger partial charge in [-0.25, -0.2) is 9.97 Å². The van der Waals surface area contributed by atoms with Crippen molar-refractivity contribution in [2.45, 2.75) is 6.54 Å². The topological polar surface area (TPSA) is 99.9 Å². The predicted molar refractivity (Wildman–Crippen MR) is 101 cm³/mol. The molecule has 2 N–H and O–H groups in total. The normalized spacial score (nSPS) is 9.93. The highest BCUT2D eigenvalue weighted by atomic mass is 16.5. The molecule has 0 bridgehead atoms. The number of hydrogen-bond acceptors (Lipinski definition) is 6. The van der Waals surface area contributed by atoms with Crippen LogP contribution in [0.25, 0.3) is 0 Å². The molecular weight excluding hydrogens is 342 g/mol. The second kappa shape index (κ2) is 8.45. The lowest BCUT2D eigenvalue weighted by Gasteiger charge is -2.10. The number of nitrogens with one attached hydrogen (secondary N) is 2. The Bertz CT molecular complexity index is 980. The van der Waals surface area contributed by atoms with Gasteiger partial charge in [-0.2, -0.15) is 5.26 Å². The fraction of sp³-hybridized carbons (Fsp3) is 0.100. The fourth-order valence-corrected chi connectivity index (χ4v) is 2.44. The van der Waals surface area contributed by atoms with Gasteiger partial charge in [0.1, 0.15) is 23.6 Å². The van der Waals surface area contributed by atoms with Gasteiger partial charge < -0.3 is 15.4 Å². The molecule has 1 aromatic heterocycles. The average Bonchev–Trinajstić information content (AvgIpc) is 2.73. The Morgan fingerprint density at radius 1 is 1.15 bits per heavy atom. The number of carbonyl (C=O) groups is 1. The van der Waals surface area contributed by atoms with Crippen LogP contribution in [0.4, 0.5) is 11.5 Å². The molecule has 0 saturated carbocycles. The van der Waals surface area contributed by atoms with E-state index in [4.69, 9.17) is 10.00 Å². The molecule has 0 atom stereocenters. The third-order valence-electron chi connectivity index (χ3n) is 3.82. The largest absolute Gasteiger partial charge is 0.496 e. The standard InChI is InChI=1S/C20H17N5O2/c1-27-18-5-3-2-4-15(18)12-22-19-10-17(23-13-24-19)20(26)25-16-8-6-14(11-21)7-9-16/h2-10,13H,12H2,1H3,(H,25,26)(H,22,23,24). The van der Waals surface area contributed by atoms with Crippen LogP contribution in [0.2, 0.25) is 0 Å². The molecule has 1 amide bonds. The summed E-state index contributed by atoms with van der Waals surface area (Å²) in [5, 5.41) is 14.7. The van der Waals surface area contributed by atoms with Crippen LogP contribution >= 0.6 is 0 Å².